The second kappa shape index (κ2) is 9.28. The molecule has 172 valence electrons. The average Bonchev–Trinajstić information content (AvgIpc) is 3.29. The highest BCUT2D eigenvalue weighted by Crippen LogP contribution is 2.32. The third-order valence-corrected chi connectivity index (χ3v) is 6.62. The second-order valence-corrected chi connectivity index (χ2v) is 9.37. The molecule has 0 saturated heterocycles. The lowest BCUT2D eigenvalue weighted by Gasteiger charge is -2.25. The summed E-state index contributed by atoms with van der Waals surface area (Å²) in [5.41, 5.74) is 4.96. The number of nitrogens with one attached hydrogen (secondary N) is 2. The van der Waals surface area contributed by atoms with Gasteiger partial charge in [-0.1, -0.05) is 24.4 Å². The quantitative estimate of drug-likeness (QED) is 0.318. The number of amides is 1. The Morgan fingerprint density at radius 1 is 1.21 bits per heavy atom. The molecule has 8 nitrogen and oxygen atoms in total. The number of aromatic nitrogens is 4. The Morgan fingerprint density at radius 3 is 2.94 bits per heavy atom. The first-order valence-electron chi connectivity index (χ1n) is 11.0. The highest BCUT2D eigenvalue weighted by molar-refractivity contribution is 7.99. The van der Waals surface area contributed by atoms with Gasteiger partial charge < -0.3 is 15.5 Å². The molecule has 3 aromatic heterocycles. The zero-order chi connectivity index (χ0) is 23.7. The number of pyridine rings is 1. The molecule has 9 heteroatoms. The topological polar surface area (TPSA) is 87.5 Å². The maximum absolute atomic E-state index is 11.7. The lowest BCUT2D eigenvalue weighted by Crippen LogP contribution is -2.27. The normalized spacial score (nSPS) is 13.5. The molecule has 0 unspecified atom stereocenters. The number of anilines is 3. The summed E-state index contributed by atoms with van der Waals surface area (Å²) in [6, 6.07) is 13.7. The molecule has 4 heterocycles. The van der Waals surface area contributed by atoms with Crippen LogP contribution in [0.4, 0.5) is 17.3 Å². The molecule has 2 N–H and O–H groups in total. The minimum absolute atomic E-state index is 0.244. The molecular formula is C25H25N7OS. The Bertz CT molecular complexity index is 1400. The monoisotopic (exact) mass is 471 g/mol. The molecule has 0 aliphatic carbocycles. The molecular weight excluding hydrogens is 446 g/mol. The van der Waals surface area contributed by atoms with Crippen molar-refractivity contribution in [2.24, 2.45) is 0 Å². The van der Waals surface area contributed by atoms with Crippen molar-refractivity contribution < 1.29 is 4.79 Å². The first-order valence-corrected chi connectivity index (χ1v) is 11.8. The van der Waals surface area contributed by atoms with Crippen LogP contribution in [0.15, 0.2) is 71.2 Å². The second-order valence-electron chi connectivity index (χ2n) is 8.28. The number of fused-ring (bicyclic) bond motifs is 2. The zero-order valence-electron chi connectivity index (χ0n) is 19.1. The van der Waals surface area contributed by atoms with Gasteiger partial charge in [0.05, 0.1) is 6.20 Å². The first-order chi connectivity index (χ1) is 16.5. The minimum atomic E-state index is -0.244. The van der Waals surface area contributed by atoms with E-state index in [2.05, 4.69) is 47.2 Å². The molecule has 1 aliphatic heterocycles. The van der Waals surface area contributed by atoms with Gasteiger partial charge in [-0.05, 0) is 55.4 Å². The van der Waals surface area contributed by atoms with Gasteiger partial charge in [-0.25, -0.2) is 14.5 Å². The van der Waals surface area contributed by atoms with Crippen molar-refractivity contribution in [1.82, 2.24) is 24.5 Å². The third-order valence-electron chi connectivity index (χ3n) is 5.63. The summed E-state index contributed by atoms with van der Waals surface area (Å²) in [6.45, 7) is 7.51. The molecule has 0 fully saturated rings. The van der Waals surface area contributed by atoms with Gasteiger partial charge in [0.1, 0.15) is 16.7 Å². The van der Waals surface area contributed by atoms with E-state index in [1.54, 1.807) is 10.7 Å². The predicted molar refractivity (Wildman–Crippen MR) is 135 cm³/mol. The summed E-state index contributed by atoms with van der Waals surface area (Å²) in [4.78, 5) is 24.6. The lowest BCUT2D eigenvalue weighted by atomic mass is 10.0. The zero-order valence-corrected chi connectivity index (χ0v) is 19.9. The number of likely N-dealkylation sites (N-methyl/N-ethyl adjacent to an activating group) is 1. The highest BCUT2D eigenvalue weighted by atomic mass is 32.2. The summed E-state index contributed by atoms with van der Waals surface area (Å²) in [5, 5.41) is 11.5. The van der Waals surface area contributed by atoms with E-state index in [1.165, 1.54) is 23.4 Å². The maximum atomic E-state index is 11.7. The Hall–Kier alpha value is -3.69. The number of carbonyl (C=O) groups excluding carboxylic acids is 1. The Kier molecular flexibility index (Phi) is 6.04. The SMILES string of the molecule is C=CC(=O)Nc1cccc(Sc2cc(Nc3nc4c(cc3C)CN(C)CC4)nc3ccnn23)c1. The van der Waals surface area contributed by atoms with Crippen LogP contribution in [0.1, 0.15) is 16.8 Å². The van der Waals surface area contributed by atoms with E-state index in [-0.39, 0.29) is 5.91 Å². The van der Waals surface area contributed by atoms with Crippen molar-refractivity contribution in [3.8, 4) is 0 Å². The van der Waals surface area contributed by atoms with Crippen molar-refractivity contribution in [1.29, 1.82) is 0 Å². The molecule has 5 rings (SSSR count). The van der Waals surface area contributed by atoms with Gasteiger partial charge in [-0.2, -0.15) is 5.10 Å². The highest BCUT2D eigenvalue weighted by Gasteiger charge is 2.17. The van der Waals surface area contributed by atoms with Gasteiger partial charge in [-0.15, -0.1) is 0 Å². The lowest BCUT2D eigenvalue weighted by molar-refractivity contribution is -0.111. The van der Waals surface area contributed by atoms with E-state index in [1.807, 2.05) is 36.4 Å². The van der Waals surface area contributed by atoms with Crippen molar-refractivity contribution in [2.75, 3.05) is 24.2 Å². The average molecular weight is 472 g/mol. The smallest absolute Gasteiger partial charge is 0.247 e. The van der Waals surface area contributed by atoms with Crippen LogP contribution in [-0.4, -0.2) is 44.0 Å². The van der Waals surface area contributed by atoms with Crippen LogP contribution in [0, 0.1) is 6.92 Å². The van der Waals surface area contributed by atoms with Crippen LogP contribution in [0.2, 0.25) is 0 Å². The van der Waals surface area contributed by atoms with Crippen molar-refractivity contribution in [2.45, 2.75) is 29.8 Å². The van der Waals surface area contributed by atoms with E-state index in [4.69, 9.17) is 9.97 Å². The predicted octanol–water partition coefficient (Wildman–Crippen LogP) is 4.44. The number of nitrogens with zero attached hydrogens (tertiary/aromatic N) is 5. The largest absolute Gasteiger partial charge is 0.325 e. The number of hydrogen-bond acceptors (Lipinski definition) is 7. The number of carbonyl (C=O) groups is 1. The van der Waals surface area contributed by atoms with Gasteiger partial charge >= 0.3 is 0 Å². The Balaban J connectivity index is 1.45. The van der Waals surface area contributed by atoms with Crippen LogP contribution >= 0.6 is 11.8 Å². The van der Waals surface area contributed by atoms with E-state index in [0.717, 1.165) is 52.2 Å². The van der Waals surface area contributed by atoms with Crippen molar-refractivity contribution in [3.05, 3.63) is 78.1 Å². The molecule has 1 aliphatic rings. The minimum Gasteiger partial charge on any atom is -0.325 e. The van der Waals surface area contributed by atoms with E-state index in [9.17, 15) is 4.79 Å². The summed E-state index contributed by atoms with van der Waals surface area (Å²) in [5.74, 6) is 1.28. The number of benzene rings is 1. The van der Waals surface area contributed by atoms with Gasteiger partial charge in [0, 0.05) is 47.9 Å². The van der Waals surface area contributed by atoms with Crippen LogP contribution < -0.4 is 10.6 Å². The standard InChI is InChI=1S/C25H25N7OS/c1-4-23(33)27-18-6-5-7-19(13-18)34-24-14-21(29-22-8-10-26-32(22)24)30-25-16(2)12-17-15-31(3)11-9-20(17)28-25/h4-8,10,12-14H,1,9,11,15H2,2-3H3,(H,27,33)(H,28,29,30). The molecule has 0 saturated carbocycles. The Morgan fingerprint density at radius 2 is 2.09 bits per heavy atom. The summed E-state index contributed by atoms with van der Waals surface area (Å²) in [7, 11) is 2.14. The Labute approximate surface area is 202 Å². The summed E-state index contributed by atoms with van der Waals surface area (Å²) >= 11 is 1.54. The van der Waals surface area contributed by atoms with Crippen molar-refractivity contribution >= 4 is 40.6 Å². The molecule has 0 bridgehead atoms. The molecule has 34 heavy (non-hydrogen) atoms. The fourth-order valence-corrected chi connectivity index (χ4v) is 4.92. The first kappa shape index (κ1) is 22.1. The van der Waals surface area contributed by atoms with Gasteiger partial charge in [0.15, 0.2) is 5.65 Å². The number of hydrogen-bond donors (Lipinski definition) is 2. The van der Waals surface area contributed by atoms with Gasteiger partial charge in [0.25, 0.3) is 0 Å². The van der Waals surface area contributed by atoms with E-state index in [0.29, 0.717) is 11.5 Å². The molecule has 1 amide bonds. The van der Waals surface area contributed by atoms with Crippen molar-refractivity contribution in [3.63, 3.8) is 0 Å². The number of aryl methyl sites for hydroxylation is 1. The molecule has 0 spiro atoms. The molecule has 0 atom stereocenters. The summed E-state index contributed by atoms with van der Waals surface area (Å²) in [6.07, 6.45) is 3.93. The van der Waals surface area contributed by atoms with Crippen LogP contribution in [-0.2, 0) is 17.8 Å². The van der Waals surface area contributed by atoms with Crippen LogP contribution in [0.25, 0.3) is 5.65 Å². The van der Waals surface area contributed by atoms with E-state index < -0.39 is 0 Å². The van der Waals surface area contributed by atoms with Crippen LogP contribution in [0.3, 0.4) is 0 Å². The maximum Gasteiger partial charge on any atom is 0.247 e. The molecule has 0 radical (unpaired) electrons. The third kappa shape index (κ3) is 4.66. The van der Waals surface area contributed by atoms with Gasteiger partial charge in [0.2, 0.25) is 5.91 Å². The van der Waals surface area contributed by atoms with Crippen LogP contribution in [0.5, 0.6) is 0 Å². The fourth-order valence-electron chi connectivity index (χ4n) is 3.95. The number of rotatable bonds is 6. The summed E-state index contributed by atoms with van der Waals surface area (Å²) < 4.78 is 1.80. The van der Waals surface area contributed by atoms with E-state index >= 15 is 0 Å². The van der Waals surface area contributed by atoms with Gasteiger partial charge in [-0.3, -0.25) is 4.79 Å². The fraction of sp³-hybridized carbons (Fsp3) is 0.200. The molecule has 4 aromatic rings. The molecule has 1 aromatic carbocycles.